The Bertz CT molecular complexity index is 477. The van der Waals surface area contributed by atoms with Crippen molar-refractivity contribution in [1.82, 2.24) is 9.80 Å². The first-order chi connectivity index (χ1) is 9.58. The highest BCUT2D eigenvalue weighted by Crippen LogP contribution is 2.15. The number of nitrogens with zero attached hydrogens (tertiary/aromatic N) is 2. The number of carboxylic acid groups (broad SMARTS) is 1. The van der Waals surface area contributed by atoms with Gasteiger partial charge >= 0.3 is 12.2 Å². The van der Waals surface area contributed by atoms with Gasteiger partial charge in [0.1, 0.15) is 6.61 Å². The molecule has 1 heterocycles. The van der Waals surface area contributed by atoms with E-state index in [2.05, 4.69) is 0 Å². The minimum absolute atomic E-state index is 0.116. The van der Waals surface area contributed by atoms with E-state index in [1.807, 2.05) is 30.3 Å². The smallest absolute Gasteiger partial charge is 0.410 e. The first kappa shape index (κ1) is 14.2. The first-order valence-corrected chi connectivity index (χ1v) is 6.49. The quantitative estimate of drug-likeness (QED) is 0.918. The van der Waals surface area contributed by atoms with Gasteiger partial charge in [-0.1, -0.05) is 30.3 Å². The van der Waals surface area contributed by atoms with Crippen LogP contribution in [0.3, 0.4) is 0 Å². The molecule has 0 bridgehead atoms. The molecule has 2 rings (SSSR count). The van der Waals surface area contributed by atoms with Gasteiger partial charge in [-0.3, -0.25) is 0 Å². The van der Waals surface area contributed by atoms with E-state index >= 15 is 0 Å². The summed E-state index contributed by atoms with van der Waals surface area (Å²) in [5.74, 6) is 0. The van der Waals surface area contributed by atoms with E-state index in [1.165, 1.54) is 9.80 Å². The molecular weight excluding hydrogens is 260 g/mol. The molecule has 1 atom stereocenters. The van der Waals surface area contributed by atoms with Crippen LogP contribution in [0.5, 0.6) is 0 Å². The maximum absolute atomic E-state index is 11.9. The van der Waals surface area contributed by atoms with Crippen LogP contribution in [0.15, 0.2) is 30.3 Å². The highest BCUT2D eigenvalue weighted by molar-refractivity contribution is 5.69. The van der Waals surface area contributed by atoms with Gasteiger partial charge in [0.05, 0.1) is 6.04 Å². The Morgan fingerprint density at radius 3 is 2.70 bits per heavy atom. The number of hydrogen-bond donors (Lipinski definition) is 1. The monoisotopic (exact) mass is 278 g/mol. The van der Waals surface area contributed by atoms with E-state index in [9.17, 15) is 9.59 Å². The van der Waals surface area contributed by atoms with Crippen LogP contribution in [0.25, 0.3) is 0 Å². The summed E-state index contributed by atoms with van der Waals surface area (Å²) in [6.45, 7) is 1.02. The molecule has 1 aromatic carbocycles. The lowest BCUT2D eigenvalue weighted by Gasteiger charge is -2.23. The van der Waals surface area contributed by atoms with Crippen molar-refractivity contribution in [3.8, 4) is 0 Å². The van der Waals surface area contributed by atoms with Gasteiger partial charge < -0.3 is 19.6 Å². The number of likely N-dealkylation sites (tertiary alicyclic amines) is 1. The van der Waals surface area contributed by atoms with E-state index in [4.69, 9.17) is 9.84 Å². The van der Waals surface area contributed by atoms with Gasteiger partial charge in [0.15, 0.2) is 0 Å². The zero-order valence-electron chi connectivity index (χ0n) is 11.4. The van der Waals surface area contributed by atoms with Gasteiger partial charge in [-0.2, -0.15) is 0 Å². The van der Waals surface area contributed by atoms with E-state index in [1.54, 1.807) is 7.05 Å². The van der Waals surface area contributed by atoms with Crippen LogP contribution in [-0.4, -0.2) is 53.3 Å². The van der Waals surface area contributed by atoms with Crippen molar-refractivity contribution in [2.45, 2.75) is 19.1 Å². The van der Waals surface area contributed by atoms with E-state index in [0.29, 0.717) is 19.5 Å². The maximum atomic E-state index is 11.9. The van der Waals surface area contributed by atoms with Crippen molar-refractivity contribution < 1.29 is 19.4 Å². The zero-order chi connectivity index (χ0) is 14.5. The second kappa shape index (κ2) is 6.27. The molecule has 0 aliphatic carbocycles. The molecule has 1 fully saturated rings. The Morgan fingerprint density at radius 1 is 1.40 bits per heavy atom. The molecule has 6 heteroatoms. The number of amides is 2. The first-order valence-electron chi connectivity index (χ1n) is 6.49. The fourth-order valence-corrected chi connectivity index (χ4v) is 2.20. The summed E-state index contributed by atoms with van der Waals surface area (Å²) in [4.78, 5) is 25.5. The molecule has 6 nitrogen and oxygen atoms in total. The molecule has 1 saturated heterocycles. The minimum Gasteiger partial charge on any atom is -0.465 e. The largest absolute Gasteiger partial charge is 0.465 e. The van der Waals surface area contributed by atoms with E-state index in [0.717, 1.165) is 5.56 Å². The lowest BCUT2D eigenvalue weighted by Crippen LogP contribution is -2.40. The molecule has 2 amide bonds. The van der Waals surface area contributed by atoms with Gasteiger partial charge in [-0.25, -0.2) is 9.59 Å². The molecule has 1 unspecified atom stereocenters. The highest BCUT2D eigenvalue weighted by Gasteiger charge is 2.31. The van der Waals surface area contributed by atoms with Crippen molar-refractivity contribution in [2.75, 3.05) is 20.1 Å². The third-order valence-corrected chi connectivity index (χ3v) is 3.47. The van der Waals surface area contributed by atoms with Gasteiger partial charge in [0, 0.05) is 20.1 Å². The van der Waals surface area contributed by atoms with Crippen molar-refractivity contribution in [3.63, 3.8) is 0 Å². The Balaban J connectivity index is 1.82. The molecule has 1 aromatic rings. The molecule has 1 aliphatic rings. The van der Waals surface area contributed by atoms with Crippen LogP contribution in [0.1, 0.15) is 12.0 Å². The summed E-state index contributed by atoms with van der Waals surface area (Å²) >= 11 is 0. The van der Waals surface area contributed by atoms with Crippen molar-refractivity contribution in [2.24, 2.45) is 0 Å². The number of rotatable bonds is 3. The van der Waals surface area contributed by atoms with Crippen LogP contribution in [0.2, 0.25) is 0 Å². The average molecular weight is 278 g/mol. The third-order valence-electron chi connectivity index (χ3n) is 3.47. The van der Waals surface area contributed by atoms with Gasteiger partial charge in [-0.05, 0) is 12.0 Å². The minimum atomic E-state index is -0.946. The summed E-state index contributed by atoms with van der Waals surface area (Å²) in [6.07, 6.45) is -0.729. The Morgan fingerprint density at radius 2 is 2.10 bits per heavy atom. The van der Waals surface area contributed by atoms with Crippen LogP contribution < -0.4 is 0 Å². The normalized spacial score (nSPS) is 17.9. The second-order valence-corrected chi connectivity index (χ2v) is 4.82. The zero-order valence-corrected chi connectivity index (χ0v) is 11.4. The standard InChI is InChI=1S/C14H18N2O4/c1-15(12-7-8-16(9-12)13(17)18)14(19)20-10-11-5-3-2-4-6-11/h2-6,12H,7-10H2,1H3,(H,17,18). The Labute approximate surface area is 117 Å². The Kier molecular flexibility index (Phi) is 4.45. The number of benzene rings is 1. The molecule has 1 N–H and O–H groups in total. The van der Waals surface area contributed by atoms with E-state index < -0.39 is 12.2 Å². The molecular formula is C14H18N2O4. The summed E-state index contributed by atoms with van der Waals surface area (Å²) < 4.78 is 5.22. The number of likely N-dealkylation sites (N-methyl/N-ethyl adjacent to an activating group) is 1. The van der Waals surface area contributed by atoms with Crippen LogP contribution in [-0.2, 0) is 11.3 Å². The topological polar surface area (TPSA) is 70.1 Å². The maximum Gasteiger partial charge on any atom is 0.410 e. The van der Waals surface area contributed by atoms with Crippen molar-refractivity contribution in [3.05, 3.63) is 35.9 Å². The molecule has 0 spiro atoms. The molecule has 1 aliphatic heterocycles. The Hall–Kier alpha value is -2.24. The average Bonchev–Trinajstić information content (AvgIpc) is 2.95. The number of hydrogen-bond acceptors (Lipinski definition) is 3. The number of carbonyl (C=O) groups excluding carboxylic acids is 1. The second-order valence-electron chi connectivity index (χ2n) is 4.82. The fraction of sp³-hybridized carbons (Fsp3) is 0.429. The lowest BCUT2D eigenvalue weighted by atomic mass is 10.2. The van der Waals surface area contributed by atoms with Gasteiger partial charge in [0.2, 0.25) is 0 Å². The molecule has 0 saturated carbocycles. The lowest BCUT2D eigenvalue weighted by molar-refractivity contribution is 0.0909. The van der Waals surface area contributed by atoms with Crippen LogP contribution in [0.4, 0.5) is 9.59 Å². The predicted molar refractivity (Wildman–Crippen MR) is 72.4 cm³/mol. The van der Waals surface area contributed by atoms with Gasteiger partial charge in [0.25, 0.3) is 0 Å². The summed E-state index contributed by atoms with van der Waals surface area (Å²) in [5, 5.41) is 8.89. The summed E-state index contributed by atoms with van der Waals surface area (Å²) in [7, 11) is 1.64. The molecule has 0 aromatic heterocycles. The van der Waals surface area contributed by atoms with Crippen LogP contribution in [0, 0.1) is 0 Å². The number of carbonyl (C=O) groups is 2. The summed E-state index contributed by atoms with van der Waals surface area (Å²) in [6, 6.07) is 9.32. The SMILES string of the molecule is CN(C(=O)OCc1ccccc1)C1CCN(C(=O)O)C1. The highest BCUT2D eigenvalue weighted by atomic mass is 16.6. The predicted octanol–water partition coefficient (Wildman–Crippen LogP) is 2.01. The van der Waals surface area contributed by atoms with Gasteiger partial charge in [-0.15, -0.1) is 0 Å². The molecule has 108 valence electrons. The fourth-order valence-electron chi connectivity index (χ4n) is 2.20. The molecule has 0 radical (unpaired) electrons. The van der Waals surface area contributed by atoms with Crippen molar-refractivity contribution >= 4 is 12.2 Å². The van der Waals surface area contributed by atoms with Crippen molar-refractivity contribution in [1.29, 1.82) is 0 Å². The molecule has 20 heavy (non-hydrogen) atoms. The summed E-state index contributed by atoms with van der Waals surface area (Å²) in [5.41, 5.74) is 0.924. The van der Waals surface area contributed by atoms with Crippen LogP contribution >= 0.6 is 0 Å². The third kappa shape index (κ3) is 3.40. The van der Waals surface area contributed by atoms with E-state index in [-0.39, 0.29) is 12.6 Å². The number of ether oxygens (including phenoxy) is 1.